The quantitative estimate of drug-likeness (QED) is 0.0693. The predicted molar refractivity (Wildman–Crippen MR) is 196 cm³/mol. The lowest BCUT2D eigenvalue weighted by molar-refractivity contribution is -0.148. The average Bonchev–Trinajstić information content (AvgIpc) is 3.08. The lowest BCUT2D eigenvalue weighted by atomic mass is 9.93. The summed E-state index contributed by atoms with van der Waals surface area (Å²) in [7, 11) is 0. The van der Waals surface area contributed by atoms with Crippen molar-refractivity contribution in [2.45, 2.75) is 149 Å². The van der Waals surface area contributed by atoms with Gasteiger partial charge in [-0.1, -0.05) is 177 Å². The van der Waals surface area contributed by atoms with Gasteiger partial charge in [0.2, 0.25) is 0 Å². The molecule has 0 aliphatic heterocycles. The van der Waals surface area contributed by atoms with Crippen LogP contribution in [0.25, 0.3) is 22.3 Å². The Labute approximate surface area is 281 Å². The fraction of sp³-hybridized carbons (Fsp3) is 0.558. The maximum atomic E-state index is 12.4. The zero-order valence-electron chi connectivity index (χ0n) is 29.4. The minimum absolute atomic E-state index is 0.0982. The molecule has 0 spiro atoms. The van der Waals surface area contributed by atoms with Gasteiger partial charge in [-0.25, -0.2) is 0 Å². The van der Waals surface area contributed by atoms with E-state index in [0.29, 0.717) is 6.42 Å². The Kier molecular flexibility index (Phi) is 18.9. The third-order valence-electron chi connectivity index (χ3n) is 9.09. The molecule has 252 valence electrons. The van der Waals surface area contributed by atoms with Crippen molar-refractivity contribution in [1.29, 1.82) is 0 Å². The van der Waals surface area contributed by atoms with Gasteiger partial charge >= 0.3 is 5.97 Å². The van der Waals surface area contributed by atoms with E-state index in [-0.39, 0.29) is 12.1 Å². The molecule has 0 heterocycles. The smallest absolute Gasteiger partial charge is 0.306 e. The van der Waals surface area contributed by atoms with Gasteiger partial charge in [-0.15, -0.1) is 0 Å². The fourth-order valence-electron chi connectivity index (χ4n) is 6.16. The molecule has 0 radical (unpaired) electrons. The normalized spacial score (nSPS) is 11.8. The summed E-state index contributed by atoms with van der Waals surface area (Å²) in [4.78, 5) is 12.4. The highest BCUT2D eigenvalue weighted by atomic mass is 16.5. The van der Waals surface area contributed by atoms with Crippen molar-refractivity contribution in [2.24, 2.45) is 0 Å². The summed E-state index contributed by atoms with van der Waals surface area (Å²) in [6.45, 7) is 7.25. The van der Waals surface area contributed by atoms with Crippen LogP contribution in [-0.4, -0.2) is 12.6 Å². The zero-order chi connectivity index (χ0) is 32.7. The number of unbranched alkanes of at least 4 members (excludes halogenated alkanes) is 16. The number of ether oxygens (including phenoxy) is 2. The lowest BCUT2D eigenvalue weighted by Gasteiger charge is -2.15. The summed E-state index contributed by atoms with van der Waals surface area (Å²) < 4.78 is 11.8. The molecule has 3 aromatic carbocycles. The van der Waals surface area contributed by atoms with E-state index in [0.717, 1.165) is 42.7 Å². The Bertz CT molecular complexity index is 1200. The molecule has 0 aromatic heterocycles. The van der Waals surface area contributed by atoms with E-state index in [1.54, 1.807) is 0 Å². The Morgan fingerprint density at radius 1 is 0.543 bits per heavy atom. The number of benzene rings is 3. The molecule has 3 aromatic rings. The van der Waals surface area contributed by atoms with Crippen LogP contribution in [0.2, 0.25) is 0 Å². The molecule has 0 bridgehead atoms. The van der Waals surface area contributed by atoms with Crippen molar-refractivity contribution in [1.82, 2.24) is 0 Å². The van der Waals surface area contributed by atoms with Gasteiger partial charge in [0.25, 0.3) is 0 Å². The molecule has 1 atom stereocenters. The summed E-state index contributed by atoms with van der Waals surface area (Å²) in [5.74, 6) is 0.840. The van der Waals surface area contributed by atoms with Crippen LogP contribution in [0.15, 0.2) is 72.8 Å². The van der Waals surface area contributed by atoms with Crippen LogP contribution in [-0.2, 0) is 9.53 Å². The second-order valence-electron chi connectivity index (χ2n) is 13.1. The molecule has 0 fully saturated rings. The number of hydrogen-bond acceptors (Lipinski definition) is 3. The highest BCUT2D eigenvalue weighted by molar-refractivity contribution is 5.83. The first-order valence-electron chi connectivity index (χ1n) is 18.7. The van der Waals surface area contributed by atoms with Gasteiger partial charge in [0.05, 0.1) is 6.61 Å². The first-order chi connectivity index (χ1) is 22.6. The van der Waals surface area contributed by atoms with Crippen molar-refractivity contribution in [3.05, 3.63) is 78.4 Å². The van der Waals surface area contributed by atoms with Crippen LogP contribution in [0, 0.1) is 0 Å². The molecule has 0 amide bonds. The van der Waals surface area contributed by atoms with Crippen LogP contribution >= 0.6 is 0 Å². The first-order valence-corrected chi connectivity index (χ1v) is 18.7. The molecule has 3 nitrogen and oxygen atoms in total. The van der Waals surface area contributed by atoms with Crippen LogP contribution < -0.4 is 4.74 Å². The number of esters is 1. The maximum Gasteiger partial charge on any atom is 0.306 e. The van der Waals surface area contributed by atoms with Gasteiger partial charge in [-0.3, -0.25) is 4.79 Å². The van der Waals surface area contributed by atoms with Crippen molar-refractivity contribution >= 4 is 5.97 Å². The summed E-state index contributed by atoms with van der Waals surface area (Å²) >= 11 is 0. The summed E-state index contributed by atoms with van der Waals surface area (Å²) in [6.07, 6.45) is 23.5. The molecule has 1 unspecified atom stereocenters. The van der Waals surface area contributed by atoms with E-state index >= 15 is 0 Å². The van der Waals surface area contributed by atoms with Gasteiger partial charge < -0.3 is 9.47 Å². The van der Waals surface area contributed by atoms with Gasteiger partial charge in [-0.2, -0.15) is 0 Å². The molecular weight excluding hydrogens is 564 g/mol. The number of carbonyl (C=O) groups excluding carboxylic acids is 1. The van der Waals surface area contributed by atoms with E-state index in [4.69, 9.17) is 9.47 Å². The topological polar surface area (TPSA) is 35.5 Å². The molecule has 46 heavy (non-hydrogen) atoms. The first kappa shape index (κ1) is 37.4. The molecule has 3 rings (SSSR count). The Morgan fingerprint density at radius 3 is 1.48 bits per heavy atom. The number of hydrogen-bond donors (Lipinski definition) is 0. The highest BCUT2D eigenvalue weighted by Crippen LogP contribution is 2.34. The monoisotopic (exact) mass is 626 g/mol. The fourth-order valence-corrected chi connectivity index (χ4v) is 6.16. The molecule has 0 saturated carbocycles. The molecular formula is C43H62O3. The summed E-state index contributed by atoms with van der Waals surface area (Å²) in [5.41, 5.74) is 5.73. The second-order valence-corrected chi connectivity index (χ2v) is 13.1. The maximum absolute atomic E-state index is 12.4. The third kappa shape index (κ3) is 14.6. The van der Waals surface area contributed by atoms with Gasteiger partial charge in [0.15, 0.2) is 0 Å². The van der Waals surface area contributed by atoms with E-state index in [9.17, 15) is 4.79 Å². The van der Waals surface area contributed by atoms with Crippen molar-refractivity contribution in [3.8, 4) is 28.0 Å². The lowest BCUT2D eigenvalue weighted by Crippen LogP contribution is -2.08. The second kappa shape index (κ2) is 23.3. The zero-order valence-corrected chi connectivity index (χ0v) is 29.4. The van der Waals surface area contributed by atoms with E-state index in [1.165, 1.54) is 113 Å². The molecule has 0 aliphatic carbocycles. The van der Waals surface area contributed by atoms with Crippen LogP contribution in [0.3, 0.4) is 0 Å². The largest absolute Gasteiger partial charge is 0.494 e. The predicted octanol–water partition coefficient (Wildman–Crippen LogP) is 13.5. The SMILES string of the molecule is CCCCCCCCCCCCCCOc1ccc(-c2ccccc2-c2ccc(C(C)OC(=O)CCCCCCCC)cc2)cc1. The van der Waals surface area contributed by atoms with E-state index in [1.807, 2.05) is 6.92 Å². The van der Waals surface area contributed by atoms with Crippen molar-refractivity contribution in [2.75, 3.05) is 6.61 Å². The Morgan fingerprint density at radius 2 is 0.978 bits per heavy atom. The van der Waals surface area contributed by atoms with Gasteiger partial charge in [0.1, 0.15) is 11.9 Å². The van der Waals surface area contributed by atoms with Crippen molar-refractivity contribution < 1.29 is 14.3 Å². The van der Waals surface area contributed by atoms with E-state index in [2.05, 4.69) is 86.6 Å². The van der Waals surface area contributed by atoms with Crippen LogP contribution in [0.1, 0.15) is 154 Å². The molecule has 3 heteroatoms. The molecule has 0 saturated heterocycles. The summed E-state index contributed by atoms with van der Waals surface area (Å²) in [6, 6.07) is 25.5. The van der Waals surface area contributed by atoms with E-state index < -0.39 is 0 Å². The van der Waals surface area contributed by atoms with Crippen LogP contribution in [0.4, 0.5) is 0 Å². The van der Waals surface area contributed by atoms with Gasteiger partial charge in [-0.05, 0) is 59.7 Å². The van der Waals surface area contributed by atoms with Crippen molar-refractivity contribution in [3.63, 3.8) is 0 Å². The average molecular weight is 627 g/mol. The standard InChI is InChI=1S/C43H62O3/c1-4-6-8-10-12-13-14-15-16-17-19-23-35-45-40-33-31-39(32-34-40)42-25-22-21-24-41(42)38-29-27-37(28-30-38)36(3)46-43(44)26-20-18-11-9-7-5-2/h21-22,24-25,27-34,36H,4-20,23,26,35H2,1-3H3. The summed E-state index contributed by atoms with van der Waals surface area (Å²) in [5, 5.41) is 0. The third-order valence-corrected chi connectivity index (χ3v) is 9.09. The Balaban J connectivity index is 1.40. The molecule has 0 aliphatic rings. The van der Waals surface area contributed by atoms with Gasteiger partial charge in [0, 0.05) is 6.42 Å². The minimum Gasteiger partial charge on any atom is -0.494 e. The van der Waals surface area contributed by atoms with Crippen LogP contribution in [0.5, 0.6) is 5.75 Å². The molecule has 0 N–H and O–H groups in total. The Hall–Kier alpha value is -3.07. The minimum atomic E-state index is -0.251. The number of rotatable bonds is 25. The highest BCUT2D eigenvalue weighted by Gasteiger charge is 2.13. The number of carbonyl (C=O) groups is 1.